The normalized spacial score (nSPS) is 11.1. The molecule has 0 atom stereocenters. The van der Waals surface area contributed by atoms with E-state index in [0.717, 1.165) is 41.9 Å². The van der Waals surface area contributed by atoms with E-state index in [1.54, 1.807) is 11.8 Å². The molecule has 0 radical (unpaired) electrons. The molecule has 0 aliphatic carbocycles. The molecule has 0 aliphatic heterocycles. The molecule has 0 fully saturated rings. The van der Waals surface area contributed by atoms with Gasteiger partial charge in [-0.3, -0.25) is 0 Å². The molecule has 2 N–H and O–H groups in total. The van der Waals surface area contributed by atoms with Gasteiger partial charge in [0.15, 0.2) is 0 Å². The summed E-state index contributed by atoms with van der Waals surface area (Å²) in [6.07, 6.45) is 1.14. The summed E-state index contributed by atoms with van der Waals surface area (Å²) in [4.78, 5) is 1.16. The number of ether oxygens (including phenoxy) is 1. The lowest BCUT2D eigenvalue weighted by molar-refractivity contribution is 0.138. The second-order valence-electron chi connectivity index (χ2n) is 4.68. The Morgan fingerprint density at radius 1 is 1.29 bits per heavy atom. The SMILES string of the molecule is Cc1ccc(N)c(SCCOCCC(C)C)c1. The Balaban J connectivity index is 2.20. The Morgan fingerprint density at radius 3 is 2.76 bits per heavy atom. The van der Waals surface area contributed by atoms with Gasteiger partial charge in [0.25, 0.3) is 0 Å². The van der Waals surface area contributed by atoms with Crippen molar-refractivity contribution in [1.82, 2.24) is 0 Å². The number of nitrogen functional groups attached to an aromatic ring is 1. The van der Waals surface area contributed by atoms with Crippen LogP contribution in [-0.2, 0) is 4.74 Å². The first-order chi connectivity index (χ1) is 8.09. The number of hydrogen-bond donors (Lipinski definition) is 1. The van der Waals surface area contributed by atoms with Crippen LogP contribution in [0.3, 0.4) is 0 Å². The Kier molecular flexibility index (Phi) is 6.45. The van der Waals surface area contributed by atoms with Gasteiger partial charge in [-0.25, -0.2) is 0 Å². The maximum atomic E-state index is 5.91. The fourth-order valence-corrected chi connectivity index (χ4v) is 2.32. The Labute approximate surface area is 109 Å². The van der Waals surface area contributed by atoms with Crippen molar-refractivity contribution in [3.63, 3.8) is 0 Å². The average molecular weight is 253 g/mol. The van der Waals surface area contributed by atoms with E-state index in [4.69, 9.17) is 10.5 Å². The number of thioether (sulfide) groups is 1. The minimum Gasteiger partial charge on any atom is -0.398 e. The van der Waals surface area contributed by atoms with Crippen LogP contribution in [0.15, 0.2) is 23.1 Å². The highest BCUT2D eigenvalue weighted by atomic mass is 32.2. The van der Waals surface area contributed by atoms with E-state index >= 15 is 0 Å². The number of aryl methyl sites for hydroxylation is 1. The van der Waals surface area contributed by atoms with Gasteiger partial charge in [0, 0.05) is 22.9 Å². The van der Waals surface area contributed by atoms with Gasteiger partial charge in [0.05, 0.1) is 6.61 Å². The fourth-order valence-electron chi connectivity index (χ4n) is 1.40. The van der Waals surface area contributed by atoms with Crippen LogP contribution >= 0.6 is 11.8 Å². The van der Waals surface area contributed by atoms with E-state index in [1.807, 2.05) is 12.1 Å². The zero-order valence-corrected chi connectivity index (χ0v) is 11.8. The number of anilines is 1. The van der Waals surface area contributed by atoms with Gasteiger partial charge < -0.3 is 10.5 Å². The molecule has 0 saturated carbocycles. The number of hydrogen-bond acceptors (Lipinski definition) is 3. The second kappa shape index (κ2) is 7.62. The fraction of sp³-hybridized carbons (Fsp3) is 0.571. The topological polar surface area (TPSA) is 35.2 Å². The van der Waals surface area contributed by atoms with Crippen LogP contribution in [0, 0.1) is 12.8 Å². The van der Waals surface area contributed by atoms with Crippen LogP contribution in [0.25, 0.3) is 0 Å². The van der Waals surface area contributed by atoms with Crippen molar-refractivity contribution < 1.29 is 4.74 Å². The van der Waals surface area contributed by atoms with Gasteiger partial charge in [-0.05, 0) is 37.0 Å². The van der Waals surface area contributed by atoms with Crippen LogP contribution in [0.4, 0.5) is 5.69 Å². The molecule has 0 spiro atoms. The minimum atomic E-state index is 0.718. The first-order valence-corrected chi connectivity index (χ1v) is 7.15. The number of rotatable bonds is 7. The summed E-state index contributed by atoms with van der Waals surface area (Å²) in [5.41, 5.74) is 8.02. The van der Waals surface area contributed by atoms with Gasteiger partial charge in [-0.2, -0.15) is 0 Å². The van der Waals surface area contributed by atoms with Crippen LogP contribution in [0.2, 0.25) is 0 Å². The summed E-state index contributed by atoms with van der Waals surface area (Å²) < 4.78 is 5.57. The largest absolute Gasteiger partial charge is 0.398 e. The summed E-state index contributed by atoms with van der Waals surface area (Å²) in [7, 11) is 0. The van der Waals surface area contributed by atoms with Gasteiger partial charge in [0.1, 0.15) is 0 Å². The molecule has 1 aromatic carbocycles. The third-order valence-corrected chi connectivity index (χ3v) is 3.53. The molecule has 0 aliphatic rings. The lowest BCUT2D eigenvalue weighted by atomic mass is 10.1. The second-order valence-corrected chi connectivity index (χ2v) is 5.82. The molecule has 0 bridgehead atoms. The molecule has 2 nitrogen and oxygen atoms in total. The van der Waals surface area contributed by atoms with Crippen molar-refractivity contribution in [2.45, 2.75) is 32.1 Å². The molecule has 1 aromatic rings. The summed E-state index contributed by atoms with van der Waals surface area (Å²) in [5.74, 6) is 1.68. The predicted molar refractivity (Wildman–Crippen MR) is 76.6 cm³/mol. The van der Waals surface area contributed by atoms with E-state index in [-0.39, 0.29) is 0 Å². The van der Waals surface area contributed by atoms with Gasteiger partial charge in [-0.1, -0.05) is 19.9 Å². The maximum Gasteiger partial charge on any atom is 0.0560 e. The van der Waals surface area contributed by atoms with E-state index in [2.05, 4.69) is 26.8 Å². The minimum absolute atomic E-state index is 0.718. The van der Waals surface area contributed by atoms with Crippen molar-refractivity contribution in [1.29, 1.82) is 0 Å². The molecule has 0 heterocycles. The van der Waals surface area contributed by atoms with E-state index in [1.165, 1.54) is 5.56 Å². The van der Waals surface area contributed by atoms with E-state index < -0.39 is 0 Å². The molecular formula is C14H23NOS. The summed E-state index contributed by atoms with van der Waals surface area (Å²) in [5, 5.41) is 0. The monoisotopic (exact) mass is 253 g/mol. The third kappa shape index (κ3) is 5.99. The van der Waals surface area contributed by atoms with Crippen LogP contribution in [0.1, 0.15) is 25.8 Å². The Hall–Kier alpha value is -0.670. The molecule has 0 aromatic heterocycles. The molecule has 1 rings (SSSR count). The lowest BCUT2D eigenvalue weighted by Gasteiger charge is -2.08. The highest BCUT2D eigenvalue weighted by Crippen LogP contribution is 2.25. The van der Waals surface area contributed by atoms with Crippen LogP contribution < -0.4 is 5.73 Å². The van der Waals surface area contributed by atoms with Crippen molar-refractivity contribution >= 4 is 17.4 Å². The maximum absolute atomic E-state index is 5.91. The number of nitrogens with two attached hydrogens (primary N) is 1. The zero-order chi connectivity index (χ0) is 12.7. The van der Waals surface area contributed by atoms with Gasteiger partial charge >= 0.3 is 0 Å². The van der Waals surface area contributed by atoms with E-state index in [0.29, 0.717) is 0 Å². The van der Waals surface area contributed by atoms with Crippen molar-refractivity contribution in [2.24, 2.45) is 5.92 Å². The molecule has 17 heavy (non-hydrogen) atoms. The van der Waals surface area contributed by atoms with Crippen LogP contribution in [0.5, 0.6) is 0 Å². The molecule has 0 unspecified atom stereocenters. The smallest absolute Gasteiger partial charge is 0.0560 e. The number of benzene rings is 1. The molecule has 0 saturated heterocycles. The molecular weight excluding hydrogens is 230 g/mol. The quantitative estimate of drug-likeness (QED) is 0.457. The third-order valence-electron chi connectivity index (χ3n) is 2.49. The first-order valence-electron chi connectivity index (χ1n) is 6.16. The summed E-state index contributed by atoms with van der Waals surface area (Å²) >= 11 is 1.77. The van der Waals surface area contributed by atoms with Gasteiger partial charge in [-0.15, -0.1) is 11.8 Å². The average Bonchev–Trinajstić information content (AvgIpc) is 2.27. The molecule has 0 amide bonds. The van der Waals surface area contributed by atoms with Gasteiger partial charge in [0.2, 0.25) is 0 Å². The first kappa shape index (κ1) is 14.4. The summed E-state index contributed by atoms with van der Waals surface area (Å²) in [6.45, 7) is 8.17. The standard InChI is InChI=1S/C14H23NOS/c1-11(2)6-7-16-8-9-17-14-10-12(3)4-5-13(14)15/h4-5,10-11H,6-9,15H2,1-3H3. The Morgan fingerprint density at radius 2 is 2.06 bits per heavy atom. The van der Waals surface area contributed by atoms with Crippen molar-refractivity contribution in [2.75, 3.05) is 24.7 Å². The highest BCUT2D eigenvalue weighted by molar-refractivity contribution is 7.99. The van der Waals surface area contributed by atoms with E-state index in [9.17, 15) is 0 Å². The van der Waals surface area contributed by atoms with Crippen LogP contribution in [-0.4, -0.2) is 19.0 Å². The Bertz CT molecular complexity index is 339. The summed E-state index contributed by atoms with van der Waals surface area (Å²) in [6, 6.07) is 6.14. The predicted octanol–water partition coefficient (Wildman–Crippen LogP) is 3.73. The molecule has 3 heteroatoms. The van der Waals surface area contributed by atoms with Crippen molar-refractivity contribution in [3.05, 3.63) is 23.8 Å². The molecule has 96 valence electrons. The lowest BCUT2D eigenvalue weighted by Crippen LogP contribution is -2.02. The van der Waals surface area contributed by atoms with Crippen molar-refractivity contribution in [3.8, 4) is 0 Å². The zero-order valence-electron chi connectivity index (χ0n) is 11.0. The highest BCUT2D eigenvalue weighted by Gasteiger charge is 2.00.